The van der Waals surface area contributed by atoms with Crippen molar-refractivity contribution in [2.75, 3.05) is 11.9 Å². The summed E-state index contributed by atoms with van der Waals surface area (Å²) in [6.07, 6.45) is 9.58. The maximum Gasteiger partial charge on any atom is 0.228 e. The summed E-state index contributed by atoms with van der Waals surface area (Å²) in [6, 6.07) is 5.56. The summed E-state index contributed by atoms with van der Waals surface area (Å²) >= 11 is 1.51. The Labute approximate surface area is 175 Å². The molecule has 1 unspecified atom stereocenters. The van der Waals surface area contributed by atoms with Crippen molar-refractivity contribution < 1.29 is 13.9 Å². The third-order valence-corrected chi connectivity index (χ3v) is 5.53. The van der Waals surface area contributed by atoms with Gasteiger partial charge in [0.05, 0.1) is 28.8 Å². The van der Waals surface area contributed by atoms with Gasteiger partial charge in [0.25, 0.3) is 0 Å². The normalized spacial score (nSPS) is 16.7. The Balaban J connectivity index is 1.64. The van der Waals surface area contributed by atoms with Gasteiger partial charge < -0.3 is 10.1 Å². The zero-order valence-corrected chi connectivity index (χ0v) is 17.7. The molecular weight excluding hydrogens is 387 g/mol. The minimum absolute atomic E-state index is 0.0262. The molecule has 1 aliphatic carbocycles. The molecule has 0 aliphatic heterocycles. The van der Waals surface area contributed by atoms with Crippen molar-refractivity contribution in [2.45, 2.75) is 46.0 Å². The number of halogens is 1. The maximum atomic E-state index is 15.0. The van der Waals surface area contributed by atoms with Crippen molar-refractivity contribution in [2.24, 2.45) is 5.92 Å². The molecule has 1 amide bonds. The molecule has 4 nitrogen and oxygen atoms in total. The molecule has 2 aromatic rings. The third kappa shape index (κ3) is 6.00. The van der Waals surface area contributed by atoms with Crippen molar-refractivity contribution in [3.05, 3.63) is 59.1 Å². The Bertz CT molecular complexity index is 945. The van der Waals surface area contributed by atoms with Crippen LogP contribution in [0.5, 0.6) is 0 Å². The van der Waals surface area contributed by atoms with Crippen LogP contribution in [0.3, 0.4) is 0 Å². The number of rotatable bonds is 9. The second-order valence-corrected chi connectivity index (χ2v) is 8.14. The Kier molecular flexibility index (Phi) is 7.58. The molecule has 0 bridgehead atoms. The van der Waals surface area contributed by atoms with E-state index in [1.165, 1.54) is 11.3 Å². The predicted octanol–water partition coefficient (Wildman–Crippen LogP) is 6.54. The van der Waals surface area contributed by atoms with E-state index in [4.69, 9.17) is 4.74 Å². The maximum absolute atomic E-state index is 15.0. The number of allylic oxidation sites excluding steroid dienone is 4. The number of nitrogens with zero attached hydrogens (tertiary/aromatic N) is 1. The number of anilines is 1. The Hall–Kier alpha value is -2.47. The molecule has 1 aliphatic rings. The molecule has 29 heavy (non-hydrogen) atoms. The summed E-state index contributed by atoms with van der Waals surface area (Å²) in [5, 5.41) is 2.86. The molecule has 1 heterocycles. The minimum atomic E-state index is -0.450. The van der Waals surface area contributed by atoms with Gasteiger partial charge in [-0.15, -0.1) is 11.3 Å². The molecule has 3 rings (SSSR count). The molecule has 1 aromatic carbocycles. The van der Waals surface area contributed by atoms with E-state index in [1.807, 2.05) is 31.2 Å². The number of carbonyl (C=O) groups is 1. The molecule has 0 fully saturated rings. The lowest BCUT2D eigenvalue weighted by Crippen LogP contribution is -2.13. The summed E-state index contributed by atoms with van der Waals surface area (Å²) in [4.78, 5) is 16.8. The fraction of sp³-hybridized carbons (Fsp3) is 0.391. The number of ether oxygens (including phenoxy) is 1. The molecule has 0 saturated carbocycles. The van der Waals surface area contributed by atoms with Crippen molar-refractivity contribution in [3.63, 3.8) is 0 Å². The van der Waals surface area contributed by atoms with Gasteiger partial charge in [-0.3, -0.25) is 4.79 Å². The smallest absolute Gasteiger partial charge is 0.228 e. The Morgan fingerprint density at radius 1 is 1.31 bits per heavy atom. The van der Waals surface area contributed by atoms with Crippen molar-refractivity contribution in [1.82, 2.24) is 4.98 Å². The van der Waals surface area contributed by atoms with Gasteiger partial charge >= 0.3 is 0 Å². The highest BCUT2D eigenvalue weighted by atomic mass is 32.1. The second-order valence-electron chi connectivity index (χ2n) is 7.26. The predicted molar refractivity (Wildman–Crippen MR) is 117 cm³/mol. The number of hydrogen-bond donors (Lipinski definition) is 1. The van der Waals surface area contributed by atoms with E-state index < -0.39 is 5.83 Å². The first-order valence-corrected chi connectivity index (χ1v) is 11.0. The number of hydrogen-bond acceptors (Lipinski definition) is 4. The lowest BCUT2D eigenvalue weighted by Gasteiger charge is -2.11. The molecule has 1 atom stereocenters. The average molecular weight is 415 g/mol. The van der Waals surface area contributed by atoms with Gasteiger partial charge in [-0.1, -0.05) is 45.3 Å². The van der Waals surface area contributed by atoms with Gasteiger partial charge in [-0.25, -0.2) is 9.37 Å². The van der Waals surface area contributed by atoms with Crippen LogP contribution in [0.15, 0.2) is 59.1 Å². The SMILES string of the molecule is CCCCCCOC1=C(F)C(CC(=O)Nc2ccc3ncsc3c2)=CC(C)C=C1. The van der Waals surface area contributed by atoms with Gasteiger partial charge in [-0.2, -0.15) is 0 Å². The van der Waals surface area contributed by atoms with Crippen LogP contribution >= 0.6 is 11.3 Å². The average Bonchev–Trinajstić information content (AvgIpc) is 3.12. The number of unbranched alkanes of at least 4 members (excludes halogenated alkanes) is 3. The third-order valence-electron chi connectivity index (χ3n) is 4.73. The zero-order chi connectivity index (χ0) is 20.6. The van der Waals surface area contributed by atoms with Gasteiger partial charge in [0.15, 0.2) is 11.6 Å². The summed E-state index contributed by atoms with van der Waals surface area (Å²) in [5.74, 6) is -0.463. The number of amides is 1. The van der Waals surface area contributed by atoms with E-state index in [0.717, 1.165) is 35.9 Å². The molecular formula is C23H27FN2O2S. The summed E-state index contributed by atoms with van der Waals surface area (Å²) in [6.45, 7) is 4.59. The van der Waals surface area contributed by atoms with E-state index >= 15 is 4.39 Å². The van der Waals surface area contributed by atoms with Gasteiger partial charge in [0.1, 0.15) is 0 Å². The van der Waals surface area contributed by atoms with Crippen molar-refractivity contribution >= 4 is 33.1 Å². The van der Waals surface area contributed by atoms with E-state index in [-0.39, 0.29) is 24.0 Å². The molecule has 6 heteroatoms. The van der Waals surface area contributed by atoms with Crippen LogP contribution in [-0.4, -0.2) is 17.5 Å². The van der Waals surface area contributed by atoms with Crippen LogP contribution in [0.4, 0.5) is 10.1 Å². The molecule has 1 N–H and O–H groups in total. The fourth-order valence-corrected chi connectivity index (χ4v) is 3.90. The topological polar surface area (TPSA) is 51.2 Å². The summed E-state index contributed by atoms with van der Waals surface area (Å²) in [5.41, 5.74) is 3.71. The number of fused-ring (bicyclic) bond motifs is 1. The lowest BCUT2D eigenvalue weighted by atomic mass is 10.1. The molecule has 0 saturated heterocycles. The molecule has 0 radical (unpaired) electrons. The highest BCUT2D eigenvalue weighted by Crippen LogP contribution is 2.28. The zero-order valence-electron chi connectivity index (χ0n) is 16.9. The standard InChI is InChI=1S/C23H27FN2O2S/c1-3-4-5-6-11-28-20-10-7-16(2)12-17(23(20)24)13-22(27)26-18-8-9-19-21(14-18)29-15-25-19/h7-10,12,14-16H,3-6,11,13H2,1-2H3,(H,26,27). The van der Waals surface area contributed by atoms with E-state index in [0.29, 0.717) is 17.9 Å². The van der Waals surface area contributed by atoms with Gasteiger partial charge in [0, 0.05) is 5.69 Å². The van der Waals surface area contributed by atoms with Crippen LogP contribution in [0.1, 0.15) is 46.0 Å². The number of carbonyl (C=O) groups excluding carboxylic acids is 1. The monoisotopic (exact) mass is 414 g/mol. The van der Waals surface area contributed by atoms with Crippen molar-refractivity contribution in [3.8, 4) is 0 Å². The summed E-state index contributed by atoms with van der Waals surface area (Å²) in [7, 11) is 0. The quantitative estimate of drug-likeness (QED) is 0.474. The van der Waals surface area contributed by atoms with E-state index in [1.54, 1.807) is 17.7 Å². The number of nitrogens with one attached hydrogen (secondary N) is 1. The number of thiazole rings is 1. The number of benzene rings is 1. The van der Waals surface area contributed by atoms with Crippen LogP contribution in [0.25, 0.3) is 10.2 Å². The fourth-order valence-electron chi connectivity index (χ4n) is 3.19. The van der Waals surface area contributed by atoms with Crippen LogP contribution in [0, 0.1) is 5.92 Å². The van der Waals surface area contributed by atoms with Crippen LogP contribution in [0.2, 0.25) is 0 Å². The van der Waals surface area contributed by atoms with Crippen LogP contribution < -0.4 is 5.32 Å². The summed E-state index contributed by atoms with van der Waals surface area (Å²) < 4.78 is 21.7. The van der Waals surface area contributed by atoms with E-state index in [2.05, 4.69) is 17.2 Å². The van der Waals surface area contributed by atoms with Gasteiger partial charge in [-0.05, 0) is 42.2 Å². The first-order chi connectivity index (χ1) is 14.1. The molecule has 0 spiro atoms. The highest BCUT2D eigenvalue weighted by molar-refractivity contribution is 7.16. The first-order valence-electron chi connectivity index (χ1n) is 10.1. The second kappa shape index (κ2) is 10.3. The van der Waals surface area contributed by atoms with Crippen LogP contribution in [-0.2, 0) is 9.53 Å². The molecule has 154 valence electrons. The van der Waals surface area contributed by atoms with Gasteiger partial charge in [0.2, 0.25) is 5.91 Å². The first kappa shape index (κ1) is 21.2. The highest BCUT2D eigenvalue weighted by Gasteiger charge is 2.19. The van der Waals surface area contributed by atoms with E-state index in [9.17, 15) is 4.79 Å². The Morgan fingerprint density at radius 3 is 3.00 bits per heavy atom. The minimum Gasteiger partial charge on any atom is -0.491 e. The number of aromatic nitrogens is 1. The largest absolute Gasteiger partial charge is 0.491 e. The lowest BCUT2D eigenvalue weighted by molar-refractivity contribution is -0.115. The van der Waals surface area contributed by atoms with Crippen molar-refractivity contribution in [1.29, 1.82) is 0 Å². The Morgan fingerprint density at radius 2 is 2.17 bits per heavy atom. The molecule has 1 aromatic heterocycles.